The Kier molecular flexibility index (Phi) is 3.57. The number of ether oxygens (including phenoxy) is 4. The van der Waals surface area contributed by atoms with Gasteiger partial charge in [-0.1, -0.05) is 18.2 Å². The van der Waals surface area contributed by atoms with Crippen LogP contribution in [-0.4, -0.2) is 30.9 Å². The van der Waals surface area contributed by atoms with Gasteiger partial charge in [0.05, 0.1) is 19.1 Å². The lowest BCUT2D eigenvalue weighted by Gasteiger charge is -2.40. The molecule has 1 aromatic rings. The molecule has 4 aliphatic rings. The smallest absolute Gasteiger partial charge is 0.349 e. The third-order valence-electron chi connectivity index (χ3n) is 5.81. The molecule has 2 aliphatic heterocycles. The number of rotatable bonds is 2. The number of fused-ring (bicyclic) bond motifs is 3. The molecule has 26 heavy (non-hydrogen) atoms. The molecule has 0 radical (unpaired) electrons. The summed E-state index contributed by atoms with van der Waals surface area (Å²) in [6.45, 7) is 0.962. The number of allylic oxidation sites excluding steroid dienone is 2. The summed E-state index contributed by atoms with van der Waals surface area (Å²) in [6.07, 6.45) is 7.09. The van der Waals surface area contributed by atoms with Crippen LogP contribution in [0.2, 0.25) is 0 Å². The molecule has 0 aromatic heterocycles. The monoisotopic (exact) mass is 356 g/mol. The number of benzene rings is 1. The SMILES string of the molecule is O=C1OC2(CCOCC2)Oc2cccc(OC(=O)C3CC4C=CC3C4)c21. The maximum atomic E-state index is 12.7. The van der Waals surface area contributed by atoms with Gasteiger partial charge in [0.15, 0.2) is 0 Å². The average molecular weight is 356 g/mol. The first-order chi connectivity index (χ1) is 12.6. The molecule has 6 nitrogen and oxygen atoms in total. The highest BCUT2D eigenvalue weighted by molar-refractivity contribution is 5.97. The van der Waals surface area contributed by atoms with Crippen molar-refractivity contribution in [2.45, 2.75) is 31.5 Å². The van der Waals surface area contributed by atoms with Crippen LogP contribution in [-0.2, 0) is 14.3 Å². The fourth-order valence-corrected chi connectivity index (χ4v) is 4.45. The third-order valence-corrected chi connectivity index (χ3v) is 5.81. The Morgan fingerprint density at radius 3 is 2.69 bits per heavy atom. The van der Waals surface area contributed by atoms with E-state index in [0.717, 1.165) is 12.8 Å². The minimum atomic E-state index is -0.972. The molecule has 6 heteroatoms. The zero-order valence-corrected chi connectivity index (χ0v) is 14.3. The van der Waals surface area contributed by atoms with Crippen molar-refractivity contribution in [3.05, 3.63) is 35.9 Å². The van der Waals surface area contributed by atoms with Crippen LogP contribution in [0.15, 0.2) is 30.4 Å². The molecule has 136 valence electrons. The van der Waals surface area contributed by atoms with Crippen LogP contribution in [0.5, 0.6) is 11.5 Å². The highest BCUT2D eigenvalue weighted by atomic mass is 16.7. The van der Waals surface area contributed by atoms with Gasteiger partial charge >= 0.3 is 11.9 Å². The number of esters is 2. The zero-order chi connectivity index (χ0) is 17.7. The molecule has 0 amide bonds. The number of carbonyl (C=O) groups is 2. The molecule has 1 saturated heterocycles. The molecule has 0 N–H and O–H groups in total. The van der Waals surface area contributed by atoms with Crippen LogP contribution in [0, 0.1) is 17.8 Å². The summed E-state index contributed by atoms with van der Waals surface area (Å²) in [4.78, 5) is 25.3. The van der Waals surface area contributed by atoms with E-state index in [1.807, 2.05) is 0 Å². The van der Waals surface area contributed by atoms with E-state index in [-0.39, 0.29) is 29.1 Å². The van der Waals surface area contributed by atoms with Crippen LogP contribution >= 0.6 is 0 Å². The molecule has 3 unspecified atom stereocenters. The lowest BCUT2D eigenvalue weighted by atomic mass is 9.94. The highest BCUT2D eigenvalue weighted by Gasteiger charge is 2.46. The van der Waals surface area contributed by atoms with Crippen molar-refractivity contribution in [3.8, 4) is 11.5 Å². The van der Waals surface area contributed by atoms with Gasteiger partial charge in [-0.2, -0.15) is 0 Å². The fourth-order valence-electron chi connectivity index (χ4n) is 4.45. The van der Waals surface area contributed by atoms with Crippen molar-refractivity contribution in [2.24, 2.45) is 17.8 Å². The topological polar surface area (TPSA) is 71.1 Å². The molecular weight excluding hydrogens is 336 g/mol. The Morgan fingerprint density at radius 1 is 1.12 bits per heavy atom. The molecule has 2 aliphatic carbocycles. The minimum absolute atomic E-state index is 0.136. The van der Waals surface area contributed by atoms with E-state index in [4.69, 9.17) is 18.9 Å². The van der Waals surface area contributed by atoms with E-state index in [1.54, 1.807) is 18.2 Å². The second kappa shape index (κ2) is 5.84. The van der Waals surface area contributed by atoms with Crippen LogP contribution in [0.3, 0.4) is 0 Å². The molecule has 1 saturated carbocycles. The van der Waals surface area contributed by atoms with Gasteiger partial charge in [0.1, 0.15) is 17.1 Å². The second-order valence-corrected chi connectivity index (χ2v) is 7.45. The summed E-state index contributed by atoms with van der Waals surface area (Å²) in [5.41, 5.74) is 0.191. The highest BCUT2D eigenvalue weighted by Crippen LogP contribution is 2.45. The van der Waals surface area contributed by atoms with Crippen molar-refractivity contribution in [1.29, 1.82) is 0 Å². The molecule has 2 heterocycles. The minimum Gasteiger partial charge on any atom is -0.451 e. The van der Waals surface area contributed by atoms with E-state index < -0.39 is 11.8 Å². The molecule has 2 bridgehead atoms. The number of carbonyl (C=O) groups excluding carboxylic acids is 2. The van der Waals surface area contributed by atoms with E-state index in [9.17, 15) is 9.59 Å². The molecule has 5 rings (SSSR count). The first-order valence-corrected chi connectivity index (χ1v) is 9.17. The molecule has 2 fully saturated rings. The van der Waals surface area contributed by atoms with Crippen molar-refractivity contribution < 1.29 is 28.5 Å². The summed E-state index contributed by atoms with van der Waals surface area (Å²) < 4.78 is 22.5. The first kappa shape index (κ1) is 15.9. The van der Waals surface area contributed by atoms with Gasteiger partial charge in [-0.15, -0.1) is 0 Å². The van der Waals surface area contributed by atoms with Gasteiger partial charge in [-0.25, -0.2) is 4.79 Å². The summed E-state index contributed by atoms with van der Waals surface area (Å²) in [5.74, 6) is -0.556. The van der Waals surface area contributed by atoms with Gasteiger partial charge < -0.3 is 18.9 Å². The van der Waals surface area contributed by atoms with Gasteiger partial charge in [-0.05, 0) is 36.8 Å². The second-order valence-electron chi connectivity index (χ2n) is 7.45. The van der Waals surface area contributed by atoms with Gasteiger partial charge in [0.2, 0.25) is 0 Å². The van der Waals surface area contributed by atoms with Crippen LogP contribution in [0.4, 0.5) is 0 Å². The standard InChI is InChI=1S/C20H20O6/c21-18(14-11-12-4-5-13(14)10-12)24-15-2-1-3-16-17(15)19(22)26-20(25-16)6-8-23-9-7-20/h1-5,12-14H,6-11H2. The Hall–Kier alpha value is -2.34. The van der Waals surface area contributed by atoms with Gasteiger partial charge in [0.25, 0.3) is 5.79 Å². The van der Waals surface area contributed by atoms with Crippen molar-refractivity contribution >= 4 is 11.9 Å². The van der Waals surface area contributed by atoms with Crippen LogP contribution < -0.4 is 9.47 Å². The Morgan fingerprint density at radius 2 is 1.96 bits per heavy atom. The van der Waals surface area contributed by atoms with Gasteiger partial charge in [-0.3, -0.25) is 4.79 Å². The zero-order valence-electron chi connectivity index (χ0n) is 14.3. The van der Waals surface area contributed by atoms with Crippen molar-refractivity contribution in [2.75, 3.05) is 13.2 Å². The number of hydrogen-bond acceptors (Lipinski definition) is 6. The van der Waals surface area contributed by atoms with Gasteiger partial charge in [0, 0.05) is 12.8 Å². The van der Waals surface area contributed by atoms with E-state index in [2.05, 4.69) is 12.2 Å². The lowest BCUT2D eigenvalue weighted by Crippen LogP contribution is -2.48. The summed E-state index contributed by atoms with van der Waals surface area (Å²) >= 11 is 0. The van der Waals surface area contributed by atoms with E-state index in [0.29, 0.717) is 37.7 Å². The van der Waals surface area contributed by atoms with Crippen molar-refractivity contribution in [3.63, 3.8) is 0 Å². The predicted octanol–water partition coefficient (Wildman–Crippen LogP) is 2.86. The Balaban J connectivity index is 1.40. The summed E-state index contributed by atoms with van der Waals surface area (Å²) in [6, 6.07) is 5.06. The average Bonchev–Trinajstić information content (AvgIpc) is 3.25. The maximum absolute atomic E-state index is 12.7. The van der Waals surface area contributed by atoms with E-state index >= 15 is 0 Å². The molecular formula is C20H20O6. The van der Waals surface area contributed by atoms with Crippen LogP contribution in [0.1, 0.15) is 36.0 Å². The predicted molar refractivity (Wildman–Crippen MR) is 89.7 cm³/mol. The van der Waals surface area contributed by atoms with Crippen LogP contribution in [0.25, 0.3) is 0 Å². The quantitative estimate of drug-likeness (QED) is 0.461. The summed E-state index contributed by atoms with van der Waals surface area (Å²) in [5, 5.41) is 0. The fraction of sp³-hybridized carbons (Fsp3) is 0.500. The Labute approximate surface area is 151 Å². The Bertz CT molecular complexity index is 791. The normalized spacial score (nSPS) is 30.6. The molecule has 1 spiro atoms. The first-order valence-electron chi connectivity index (χ1n) is 9.17. The summed E-state index contributed by atoms with van der Waals surface area (Å²) in [7, 11) is 0. The maximum Gasteiger partial charge on any atom is 0.349 e. The largest absolute Gasteiger partial charge is 0.451 e. The lowest BCUT2D eigenvalue weighted by molar-refractivity contribution is -0.197. The number of hydrogen-bond donors (Lipinski definition) is 0. The molecule has 1 aromatic carbocycles. The van der Waals surface area contributed by atoms with E-state index in [1.165, 1.54) is 0 Å². The third kappa shape index (κ3) is 2.51. The van der Waals surface area contributed by atoms with Crippen molar-refractivity contribution in [1.82, 2.24) is 0 Å². The molecule has 3 atom stereocenters.